The van der Waals surface area contributed by atoms with Crippen molar-refractivity contribution in [3.05, 3.63) is 71.8 Å². The Hall–Kier alpha value is -1.60. The Balaban J connectivity index is 2.46. The molecule has 0 aliphatic carbocycles. The number of hydrogen-bond acceptors (Lipinski definition) is 1. The predicted molar refractivity (Wildman–Crippen MR) is 80.4 cm³/mol. The van der Waals surface area contributed by atoms with E-state index in [-0.39, 0.29) is 11.5 Å². The summed E-state index contributed by atoms with van der Waals surface area (Å²) in [5.41, 5.74) is 2.37. The molecule has 0 aliphatic heterocycles. The second kappa shape index (κ2) is 6.03. The van der Waals surface area contributed by atoms with Crippen molar-refractivity contribution < 1.29 is 4.74 Å². The zero-order chi connectivity index (χ0) is 13.7. The maximum atomic E-state index is 6.00. The Bertz CT molecular complexity index is 448. The predicted octanol–water partition coefficient (Wildman–Crippen LogP) is 4.63. The van der Waals surface area contributed by atoms with Crippen molar-refractivity contribution in [3.8, 4) is 0 Å². The molecule has 0 atom stereocenters. The van der Waals surface area contributed by atoms with Crippen molar-refractivity contribution in [2.45, 2.75) is 32.3 Å². The average molecular weight is 254 g/mol. The molecule has 0 radical (unpaired) electrons. The molecular formula is C18H22O. The van der Waals surface area contributed by atoms with Crippen molar-refractivity contribution in [2.75, 3.05) is 6.61 Å². The van der Waals surface area contributed by atoms with Gasteiger partial charge in [0.15, 0.2) is 0 Å². The summed E-state index contributed by atoms with van der Waals surface area (Å²) in [5, 5.41) is 0. The molecule has 2 rings (SSSR count). The van der Waals surface area contributed by atoms with Crippen LogP contribution in [-0.4, -0.2) is 12.2 Å². The van der Waals surface area contributed by atoms with Gasteiger partial charge in [0.2, 0.25) is 0 Å². The first-order chi connectivity index (χ1) is 9.15. The molecule has 1 nitrogen and oxygen atoms in total. The summed E-state index contributed by atoms with van der Waals surface area (Å²) in [7, 11) is 0. The van der Waals surface area contributed by atoms with E-state index in [9.17, 15) is 0 Å². The Labute approximate surface area is 116 Å². The largest absolute Gasteiger partial charge is 0.375 e. The van der Waals surface area contributed by atoms with Crippen LogP contribution in [0.4, 0.5) is 0 Å². The molecule has 2 aromatic rings. The number of benzene rings is 2. The van der Waals surface area contributed by atoms with Gasteiger partial charge in [0.1, 0.15) is 0 Å². The van der Waals surface area contributed by atoms with Crippen molar-refractivity contribution in [3.63, 3.8) is 0 Å². The molecule has 0 unspecified atom stereocenters. The standard InChI is InChI=1S/C18H22O/c1-4-19-18(2,3)17(15-11-7-5-8-12-15)16-13-9-6-10-14-16/h5-14,17H,4H2,1-3H3. The van der Waals surface area contributed by atoms with Crippen LogP contribution in [0.25, 0.3) is 0 Å². The average Bonchev–Trinajstić information content (AvgIpc) is 2.41. The highest BCUT2D eigenvalue weighted by Crippen LogP contribution is 2.36. The minimum atomic E-state index is -0.225. The van der Waals surface area contributed by atoms with Gasteiger partial charge in [-0.3, -0.25) is 0 Å². The molecule has 2 aromatic carbocycles. The fraction of sp³-hybridized carbons (Fsp3) is 0.333. The van der Waals surface area contributed by atoms with Crippen LogP contribution in [0.5, 0.6) is 0 Å². The SMILES string of the molecule is CCOC(C)(C)C(c1ccccc1)c1ccccc1. The fourth-order valence-corrected chi connectivity index (χ4v) is 2.74. The molecule has 0 bridgehead atoms. The summed E-state index contributed by atoms with van der Waals surface area (Å²) in [6, 6.07) is 21.2. The van der Waals surface area contributed by atoms with Crippen molar-refractivity contribution in [2.24, 2.45) is 0 Å². The fourth-order valence-electron chi connectivity index (χ4n) is 2.74. The van der Waals surface area contributed by atoms with Crippen LogP contribution in [-0.2, 0) is 4.74 Å². The summed E-state index contributed by atoms with van der Waals surface area (Å²) in [6.45, 7) is 7.11. The monoisotopic (exact) mass is 254 g/mol. The number of rotatable bonds is 5. The molecule has 19 heavy (non-hydrogen) atoms. The van der Waals surface area contributed by atoms with Gasteiger partial charge < -0.3 is 4.74 Å². The number of hydrogen-bond donors (Lipinski definition) is 0. The van der Waals surface area contributed by atoms with E-state index in [1.807, 2.05) is 0 Å². The molecule has 0 spiro atoms. The lowest BCUT2D eigenvalue weighted by molar-refractivity contribution is -0.0221. The van der Waals surface area contributed by atoms with E-state index in [4.69, 9.17) is 4.74 Å². The highest BCUT2D eigenvalue weighted by atomic mass is 16.5. The van der Waals surface area contributed by atoms with Crippen molar-refractivity contribution in [1.29, 1.82) is 0 Å². The van der Waals surface area contributed by atoms with E-state index in [1.165, 1.54) is 11.1 Å². The first-order valence-electron chi connectivity index (χ1n) is 6.89. The van der Waals surface area contributed by atoms with Gasteiger partial charge in [-0.25, -0.2) is 0 Å². The summed E-state index contributed by atoms with van der Waals surface area (Å²) in [5.74, 6) is 0.245. The van der Waals surface area contributed by atoms with Gasteiger partial charge in [-0.1, -0.05) is 60.7 Å². The van der Waals surface area contributed by atoms with Crippen LogP contribution in [0.15, 0.2) is 60.7 Å². The number of ether oxygens (including phenoxy) is 1. The van der Waals surface area contributed by atoms with Gasteiger partial charge >= 0.3 is 0 Å². The molecule has 0 fully saturated rings. The zero-order valence-electron chi connectivity index (χ0n) is 12.0. The summed E-state index contributed by atoms with van der Waals surface area (Å²) in [4.78, 5) is 0. The van der Waals surface area contributed by atoms with E-state index in [2.05, 4.69) is 81.4 Å². The Morgan fingerprint density at radius 3 is 1.63 bits per heavy atom. The van der Waals surface area contributed by atoms with Crippen LogP contribution in [0, 0.1) is 0 Å². The molecule has 0 N–H and O–H groups in total. The molecule has 0 aromatic heterocycles. The smallest absolute Gasteiger partial charge is 0.0735 e. The second-order valence-corrected chi connectivity index (χ2v) is 5.29. The molecule has 0 amide bonds. The van der Waals surface area contributed by atoms with Crippen molar-refractivity contribution >= 4 is 0 Å². The van der Waals surface area contributed by atoms with Crippen LogP contribution in [0.1, 0.15) is 37.8 Å². The van der Waals surface area contributed by atoms with Gasteiger partial charge in [-0.2, -0.15) is 0 Å². The van der Waals surface area contributed by atoms with Crippen LogP contribution >= 0.6 is 0 Å². The maximum Gasteiger partial charge on any atom is 0.0735 e. The first kappa shape index (κ1) is 13.8. The molecular weight excluding hydrogens is 232 g/mol. The Kier molecular flexibility index (Phi) is 4.39. The lowest BCUT2D eigenvalue weighted by atomic mass is 9.79. The van der Waals surface area contributed by atoms with Gasteiger partial charge in [0.25, 0.3) is 0 Å². The van der Waals surface area contributed by atoms with E-state index >= 15 is 0 Å². The summed E-state index contributed by atoms with van der Waals surface area (Å²) in [6.07, 6.45) is 0. The molecule has 0 heterocycles. The van der Waals surface area contributed by atoms with Crippen LogP contribution in [0.3, 0.4) is 0 Å². The third kappa shape index (κ3) is 3.24. The maximum absolute atomic E-state index is 6.00. The van der Waals surface area contributed by atoms with Gasteiger partial charge in [-0.15, -0.1) is 0 Å². The second-order valence-electron chi connectivity index (χ2n) is 5.29. The van der Waals surface area contributed by atoms with E-state index in [0.717, 1.165) is 6.61 Å². The van der Waals surface area contributed by atoms with Crippen molar-refractivity contribution in [1.82, 2.24) is 0 Å². The Morgan fingerprint density at radius 1 is 0.842 bits per heavy atom. The minimum Gasteiger partial charge on any atom is -0.375 e. The minimum absolute atomic E-state index is 0.225. The van der Waals surface area contributed by atoms with Gasteiger partial charge in [0, 0.05) is 12.5 Å². The lowest BCUT2D eigenvalue weighted by Crippen LogP contribution is -2.33. The molecule has 0 saturated carbocycles. The highest BCUT2D eigenvalue weighted by molar-refractivity contribution is 5.35. The lowest BCUT2D eigenvalue weighted by Gasteiger charge is -2.35. The Morgan fingerprint density at radius 2 is 1.26 bits per heavy atom. The van der Waals surface area contributed by atoms with E-state index in [1.54, 1.807) is 0 Å². The zero-order valence-corrected chi connectivity index (χ0v) is 12.0. The van der Waals surface area contributed by atoms with E-state index in [0.29, 0.717) is 0 Å². The van der Waals surface area contributed by atoms with Gasteiger partial charge in [0.05, 0.1) is 5.60 Å². The summed E-state index contributed by atoms with van der Waals surface area (Å²) < 4.78 is 6.00. The first-order valence-corrected chi connectivity index (χ1v) is 6.89. The van der Waals surface area contributed by atoms with Crippen LogP contribution < -0.4 is 0 Å². The molecule has 0 aliphatic rings. The normalized spacial score (nSPS) is 11.8. The highest BCUT2D eigenvalue weighted by Gasteiger charge is 2.32. The van der Waals surface area contributed by atoms with Crippen LogP contribution in [0.2, 0.25) is 0 Å². The third-order valence-electron chi connectivity index (χ3n) is 3.48. The third-order valence-corrected chi connectivity index (χ3v) is 3.48. The quantitative estimate of drug-likeness (QED) is 0.755. The van der Waals surface area contributed by atoms with E-state index < -0.39 is 0 Å². The molecule has 100 valence electrons. The molecule has 0 saturated heterocycles. The van der Waals surface area contributed by atoms with Gasteiger partial charge in [-0.05, 0) is 31.9 Å². The summed E-state index contributed by atoms with van der Waals surface area (Å²) >= 11 is 0. The topological polar surface area (TPSA) is 9.23 Å². The molecule has 1 heteroatoms.